The first-order chi connectivity index (χ1) is 14.6. The predicted octanol–water partition coefficient (Wildman–Crippen LogP) is 4.61. The van der Waals surface area contributed by atoms with Gasteiger partial charge in [0.1, 0.15) is 6.33 Å². The van der Waals surface area contributed by atoms with E-state index in [0.717, 1.165) is 21.8 Å². The summed E-state index contributed by atoms with van der Waals surface area (Å²) in [5.41, 5.74) is 5.14. The van der Waals surface area contributed by atoms with Gasteiger partial charge in [0.2, 0.25) is 5.91 Å². The zero-order valence-corrected chi connectivity index (χ0v) is 17.6. The summed E-state index contributed by atoms with van der Waals surface area (Å²) in [6, 6.07) is 22.0. The minimum absolute atomic E-state index is 0.0558. The van der Waals surface area contributed by atoms with Crippen molar-refractivity contribution >= 4 is 23.4 Å². The van der Waals surface area contributed by atoms with E-state index in [1.54, 1.807) is 16.4 Å². The molecule has 6 nitrogen and oxygen atoms in total. The van der Waals surface area contributed by atoms with Crippen molar-refractivity contribution < 1.29 is 4.79 Å². The van der Waals surface area contributed by atoms with Crippen LogP contribution in [0.15, 0.2) is 82.8 Å². The summed E-state index contributed by atoms with van der Waals surface area (Å²) < 4.78 is 1.57. The first-order valence-corrected chi connectivity index (χ1v) is 10.4. The minimum Gasteiger partial charge on any atom is -0.326 e. The zero-order chi connectivity index (χ0) is 20.9. The van der Waals surface area contributed by atoms with Crippen molar-refractivity contribution in [2.45, 2.75) is 30.1 Å². The highest BCUT2D eigenvalue weighted by atomic mass is 32.2. The summed E-state index contributed by atoms with van der Waals surface area (Å²) in [5, 5.41) is 14.0. The maximum absolute atomic E-state index is 12.4. The maximum atomic E-state index is 12.4. The average Bonchev–Trinajstić information content (AvgIpc) is 3.28. The number of carbonyl (C=O) groups excluding carboxylic acids is 1. The molecule has 1 heterocycles. The number of hydrogen-bond acceptors (Lipinski definition) is 5. The van der Waals surface area contributed by atoms with Crippen LogP contribution in [-0.2, 0) is 11.2 Å². The Hall–Kier alpha value is -3.45. The Labute approximate surface area is 179 Å². The van der Waals surface area contributed by atoms with E-state index < -0.39 is 0 Å². The Kier molecular flexibility index (Phi) is 5.90. The van der Waals surface area contributed by atoms with Crippen LogP contribution >= 0.6 is 11.8 Å². The highest BCUT2D eigenvalue weighted by Gasteiger charge is 2.06. The van der Waals surface area contributed by atoms with Gasteiger partial charge in [0, 0.05) is 15.5 Å². The number of benzene rings is 3. The molecule has 0 spiro atoms. The monoisotopic (exact) mass is 415 g/mol. The van der Waals surface area contributed by atoms with Gasteiger partial charge in [0.25, 0.3) is 0 Å². The van der Waals surface area contributed by atoms with Crippen LogP contribution in [0.2, 0.25) is 0 Å². The van der Waals surface area contributed by atoms with Crippen LogP contribution in [0.3, 0.4) is 0 Å². The SMILES string of the molecule is Cc1ccc(Sc2ccc(NC(=O)Cc3ccc(-n4cnnn4)cc3)cc2)cc1C. The lowest BCUT2D eigenvalue weighted by Gasteiger charge is -2.08. The van der Waals surface area contributed by atoms with Crippen molar-refractivity contribution in [2.24, 2.45) is 0 Å². The molecule has 0 aliphatic carbocycles. The number of tetrazole rings is 1. The van der Waals surface area contributed by atoms with E-state index in [1.807, 2.05) is 48.5 Å². The molecule has 1 amide bonds. The fourth-order valence-corrected chi connectivity index (χ4v) is 3.87. The summed E-state index contributed by atoms with van der Waals surface area (Å²) in [7, 11) is 0. The number of rotatable bonds is 6. The summed E-state index contributed by atoms with van der Waals surface area (Å²) in [6.45, 7) is 4.24. The molecule has 4 aromatic rings. The van der Waals surface area contributed by atoms with Crippen LogP contribution in [0.1, 0.15) is 16.7 Å². The van der Waals surface area contributed by atoms with Crippen molar-refractivity contribution in [1.29, 1.82) is 0 Å². The van der Waals surface area contributed by atoms with Gasteiger partial charge in [0.15, 0.2) is 0 Å². The fourth-order valence-electron chi connectivity index (χ4n) is 2.96. The van der Waals surface area contributed by atoms with Gasteiger partial charge in [-0.1, -0.05) is 30.0 Å². The molecule has 0 unspecified atom stereocenters. The molecule has 0 aliphatic rings. The number of aryl methyl sites for hydroxylation is 2. The average molecular weight is 416 g/mol. The fraction of sp³-hybridized carbons (Fsp3) is 0.130. The van der Waals surface area contributed by atoms with Crippen molar-refractivity contribution in [2.75, 3.05) is 5.32 Å². The van der Waals surface area contributed by atoms with E-state index in [2.05, 4.69) is 52.9 Å². The Balaban J connectivity index is 1.33. The van der Waals surface area contributed by atoms with Gasteiger partial charge in [-0.2, -0.15) is 0 Å². The van der Waals surface area contributed by atoms with Crippen molar-refractivity contribution in [3.8, 4) is 5.69 Å². The molecule has 3 aromatic carbocycles. The molecule has 0 aliphatic heterocycles. The third-order valence-electron chi connectivity index (χ3n) is 4.77. The molecule has 0 bridgehead atoms. The Morgan fingerprint density at radius 2 is 1.67 bits per heavy atom. The van der Waals surface area contributed by atoms with Crippen LogP contribution in [0.5, 0.6) is 0 Å². The van der Waals surface area contributed by atoms with Crippen molar-refractivity contribution in [3.05, 3.63) is 89.7 Å². The second-order valence-corrected chi connectivity index (χ2v) is 8.17. The summed E-state index contributed by atoms with van der Waals surface area (Å²) in [6.07, 6.45) is 1.83. The highest BCUT2D eigenvalue weighted by molar-refractivity contribution is 7.99. The van der Waals surface area contributed by atoms with Gasteiger partial charge in [0.05, 0.1) is 12.1 Å². The smallest absolute Gasteiger partial charge is 0.228 e. The molecule has 30 heavy (non-hydrogen) atoms. The molecule has 1 N–H and O–H groups in total. The summed E-state index contributed by atoms with van der Waals surface area (Å²) in [5.74, 6) is -0.0558. The number of anilines is 1. The first-order valence-electron chi connectivity index (χ1n) is 9.54. The van der Waals surface area contributed by atoms with E-state index in [9.17, 15) is 4.79 Å². The maximum Gasteiger partial charge on any atom is 0.228 e. The molecule has 0 radical (unpaired) electrons. The zero-order valence-electron chi connectivity index (χ0n) is 16.7. The quantitative estimate of drug-likeness (QED) is 0.498. The number of amides is 1. The van der Waals surface area contributed by atoms with E-state index in [1.165, 1.54) is 22.3 Å². The minimum atomic E-state index is -0.0558. The number of nitrogens with one attached hydrogen (secondary N) is 1. The molecule has 0 atom stereocenters. The third-order valence-corrected chi connectivity index (χ3v) is 5.76. The standard InChI is InChI=1S/C23H21N5OS/c1-16-3-10-22(13-17(16)2)30-21-11-6-19(7-12-21)25-23(29)14-18-4-8-20(9-5-18)28-15-24-26-27-28/h3-13,15H,14H2,1-2H3,(H,25,29). The molecule has 7 heteroatoms. The number of hydrogen-bond donors (Lipinski definition) is 1. The Morgan fingerprint density at radius 1 is 0.933 bits per heavy atom. The van der Waals surface area contributed by atoms with Crippen LogP contribution in [0.4, 0.5) is 5.69 Å². The van der Waals surface area contributed by atoms with Crippen LogP contribution in [0.25, 0.3) is 5.69 Å². The molecule has 150 valence electrons. The van der Waals surface area contributed by atoms with E-state index in [4.69, 9.17) is 0 Å². The number of carbonyl (C=O) groups is 1. The molecule has 0 fully saturated rings. The van der Waals surface area contributed by atoms with E-state index in [-0.39, 0.29) is 5.91 Å². The normalized spacial score (nSPS) is 10.7. The van der Waals surface area contributed by atoms with Gasteiger partial charge in [-0.3, -0.25) is 4.79 Å². The molecule has 0 saturated heterocycles. The van der Waals surface area contributed by atoms with Gasteiger partial charge >= 0.3 is 0 Å². The Morgan fingerprint density at radius 3 is 2.33 bits per heavy atom. The van der Waals surface area contributed by atoms with Crippen molar-refractivity contribution in [3.63, 3.8) is 0 Å². The van der Waals surface area contributed by atoms with E-state index >= 15 is 0 Å². The van der Waals surface area contributed by atoms with Crippen LogP contribution in [-0.4, -0.2) is 26.1 Å². The largest absolute Gasteiger partial charge is 0.326 e. The second-order valence-electron chi connectivity index (χ2n) is 7.02. The predicted molar refractivity (Wildman–Crippen MR) is 118 cm³/mol. The second kappa shape index (κ2) is 8.92. The van der Waals surface area contributed by atoms with Gasteiger partial charge in [-0.05, 0) is 89.5 Å². The lowest BCUT2D eigenvalue weighted by Crippen LogP contribution is -2.14. The molecule has 4 rings (SSSR count). The third kappa shape index (κ3) is 4.93. The van der Waals surface area contributed by atoms with Gasteiger partial charge in [-0.15, -0.1) is 5.10 Å². The lowest BCUT2D eigenvalue weighted by molar-refractivity contribution is -0.115. The molecule has 1 aromatic heterocycles. The molecule has 0 saturated carbocycles. The Bertz CT molecular complexity index is 1140. The lowest BCUT2D eigenvalue weighted by atomic mass is 10.1. The van der Waals surface area contributed by atoms with E-state index in [0.29, 0.717) is 6.42 Å². The van der Waals surface area contributed by atoms with Crippen LogP contribution < -0.4 is 5.32 Å². The topological polar surface area (TPSA) is 72.7 Å². The molecular formula is C23H21N5OS. The number of aromatic nitrogens is 4. The molecular weight excluding hydrogens is 394 g/mol. The first kappa shape index (κ1) is 19.8. The van der Waals surface area contributed by atoms with Gasteiger partial charge < -0.3 is 5.32 Å². The van der Waals surface area contributed by atoms with Crippen LogP contribution in [0, 0.1) is 13.8 Å². The van der Waals surface area contributed by atoms with Crippen molar-refractivity contribution in [1.82, 2.24) is 20.2 Å². The number of nitrogens with zero attached hydrogens (tertiary/aromatic N) is 4. The van der Waals surface area contributed by atoms with Gasteiger partial charge in [-0.25, -0.2) is 4.68 Å². The summed E-state index contributed by atoms with van der Waals surface area (Å²) >= 11 is 1.71. The highest BCUT2D eigenvalue weighted by Crippen LogP contribution is 2.29. The summed E-state index contributed by atoms with van der Waals surface area (Å²) in [4.78, 5) is 14.7.